The summed E-state index contributed by atoms with van der Waals surface area (Å²) >= 11 is 0. The Morgan fingerprint density at radius 1 is 1.38 bits per heavy atom. The maximum atomic E-state index is 4.50. The molecule has 0 aliphatic carbocycles. The summed E-state index contributed by atoms with van der Waals surface area (Å²) in [7, 11) is 0. The fourth-order valence-corrected chi connectivity index (χ4v) is 2.14. The highest BCUT2D eigenvalue weighted by molar-refractivity contribution is 5.59. The number of benzene rings is 1. The van der Waals surface area contributed by atoms with Gasteiger partial charge < -0.3 is 5.32 Å². The summed E-state index contributed by atoms with van der Waals surface area (Å²) in [5, 5.41) is 10.6. The van der Waals surface area contributed by atoms with E-state index < -0.39 is 0 Å². The molecule has 16 heavy (non-hydrogen) atoms. The smallest absolute Gasteiger partial charge is 0.159 e. The Bertz CT molecular complexity index is 503. The van der Waals surface area contributed by atoms with Gasteiger partial charge in [0.25, 0.3) is 0 Å². The van der Waals surface area contributed by atoms with E-state index in [2.05, 4.69) is 45.6 Å². The van der Waals surface area contributed by atoms with E-state index in [9.17, 15) is 0 Å². The first-order chi connectivity index (χ1) is 7.88. The molecule has 0 bridgehead atoms. The highest BCUT2D eigenvalue weighted by atomic mass is 15.2. The van der Waals surface area contributed by atoms with Crippen molar-refractivity contribution in [1.29, 1.82) is 0 Å². The molecule has 2 heterocycles. The zero-order chi connectivity index (χ0) is 11.0. The van der Waals surface area contributed by atoms with Crippen LogP contribution in [0.15, 0.2) is 24.3 Å². The zero-order valence-electron chi connectivity index (χ0n) is 9.20. The fourth-order valence-electron chi connectivity index (χ4n) is 2.14. The van der Waals surface area contributed by atoms with Crippen molar-refractivity contribution in [3.8, 4) is 0 Å². The molecule has 3 rings (SSSR count). The van der Waals surface area contributed by atoms with E-state index in [0.717, 1.165) is 24.6 Å². The van der Waals surface area contributed by atoms with Gasteiger partial charge in [0.2, 0.25) is 0 Å². The van der Waals surface area contributed by atoms with Crippen LogP contribution in [0.2, 0.25) is 0 Å². The van der Waals surface area contributed by atoms with Crippen molar-refractivity contribution in [1.82, 2.24) is 15.2 Å². The van der Waals surface area contributed by atoms with Crippen molar-refractivity contribution in [2.45, 2.75) is 19.3 Å². The molecule has 0 saturated carbocycles. The van der Waals surface area contributed by atoms with Gasteiger partial charge >= 0.3 is 0 Å². The summed E-state index contributed by atoms with van der Waals surface area (Å²) in [5.74, 6) is 2.14. The third-order valence-corrected chi connectivity index (χ3v) is 3.03. The lowest BCUT2D eigenvalue weighted by Crippen LogP contribution is -2.05. The summed E-state index contributed by atoms with van der Waals surface area (Å²) < 4.78 is 0. The molecule has 1 aliphatic heterocycles. The minimum atomic E-state index is 0.285. The lowest BCUT2D eigenvalue weighted by atomic mass is 10.0. The van der Waals surface area contributed by atoms with Crippen molar-refractivity contribution in [2.75, 3.05) is 11.9 Å². The highest BCUT2D eigenvalue weighted by Crippen LogP contribution is 2.34. The van der Waals surface area contributed by atoms with E-state index in [-0.39, 0.29) is 5.92 Å². The molecule has 0 amide bonds. The van der Waals surface area contributed by atoms with Gasteiger partial charge in [0.1, 0.15) is 5.82 Å². The van der Waals surface area contributed by atoms with Crippen LogP contribution in [0.25, 0.3) is 0 Å². The van der Waals surface area contributed by atoms with Gasteiger partial charge in [0, 0.05) is 18.7 Å². The van der Waals surface area contributed by atoms with Crippen LogP contribution >= 0.6 is 0 Å². The summed E-state index contributed by atoms with van der Waals surface area (Å²) in [6, 6.07) is 8.35. The molecule has 4 heteroatoms. The number of fused-ring (bicyclic) bond motifs is 1. The number of nitrogens with zero attached hydrogens (tertiary/aromatic N) is 2. The van der Waals surface area contributed by atoms with E-state index in [1.165, 1.54) is 11.3 Å². The maximum absolute atomic E-state index is 4.50. The van der Waals surface area contributed by atoms with E-state index in [1.54, 1.807) is 0 Å². The van der Waals surface area contributed by atoms with Crippen molar-refractivity contribution in [2.24, 2.45) is 0 Å². The van der Waals surface area contributed by atoms with Gasteiger partial charge in [-0.2, -0.15) is 5.10 Å². The van der Waals surface area contributed by atoms with Gasteiger partial charge in [0.15, 0.2) is 5.82 Å². The molecule has 1 aromatic carbocycles. The summed E-state index contributed by atoms with van der Waals surface area (Å²) in [4.78, 5) is 4.50. The molecule has 0 saturated heterocycles. The molecule has 0 radical (unpaired) electrons. The zero-order valence-corrected chi connectivity index (χ0v) is 9.20. The van der Waals surface area contributed by atoms with Gasteiger partial charge in [0.05, 0.1) is 5.92 Å². The monoisotopic (exact) mass is 214 g/mol. The lowest BCUT2D eigenvalue weighted by molar-refractivity contribution is 0.814. The molecule has 0 spiro atoms. The lowest BCUT2D eigenvalue weighted by Gasteiger charge is -2.04. The predicted octanol–water partition coefficient (Wildman–Crippen LogP) is 1.92. The number of aryl methyl sites for hydroxylation is 1. The number of anilines is 1. The van der Waals surface area contributed by atoms with Crippen LogP contribution < -0.4 is 5.32 Å². The number of hydrogen-bond donors (Lipinski definition) is 2. The Morgan fingerprint density at radius 3 is 3.06 bits per heavy atom. The molecule has 82 valence electrons. The first-order valence-electron chi connectivity index (χ1n) is 5.62. The van der Waals surface area contributed by atoms with Crippen molar-refractivity contribution >= 4 is 5.69 Å². The number of para-hydroxylation sites is 1. The largest absolute Gasteiger partial charge is 0.384 e. The SMILES string of the molecule is CCc1nc(C2CNc3ccccc32)n[nH]1. The molecule has 2 aromatic rings. The molecule has 1 aromatic heterocycles. The van der Waals surface area contributed by atoms with E-state index >= 15 is 0 Å². The van der Waals surface area contributed by atoms with Crippen molar-refractivity contribution < 1.29 is 0 Å². The minimum absolute atomic E-state index is 0.285. The number of H-pyrrole nitrogens is 1. The molecule has 2 N–H and O–H groups in total. The van der Waals surface area contributed by atoms with Crippen LogP contribution in [0.3, 0.4) is 0 Å². The predicted molar refractivity (Wildman–Crippen MR) is 62.5 cm³/mol. The molecule has 1 aliphatic rings. The third-order valence-electron chi connectivity index (χ3n) is 3.03. The molecule has 1 unspecified atom stereocenters. The maximum Gasteiger partial charge on any atom is 0.159 e. The Morgan fingerprint density at radius 2 is 2.25 bits per heavy atom. The van der Waals surface area contributed by atoms with Crippen LogP contribution in [0, 0.1) is 0 Å². The number of aromatic nitrogens is 3. The number of nitrogens with one attached hydrogen (secondary N) is 2. The standard InChI is InChI=1S/C12H14N4/c1-2-11-14-12(16-15-11)9-7-13-10-6-4-3-5-8(9)10/h3-6,9,13H,2,7H2,1H3,(H,14,15,16). The van der Waals surface area contributed by atoms with E-state index in [4.69, 9.17) is 0 Å². The quantitative estimate of drug-likeness (QED) is 0.803. The Labute approximate surface area is 94.1 Å². The minimum Gasteiger partial charge on any atom is -0.384 e. The molecular weight excluding hydrogens is 200 g/mol. The Hall–Kier alpha value is -1.84. The van der Waals surface area contributed by atoms with Gasteiger partial charge in [-0.05, 0) is 11.6 Å². The summed E-state index contributed by atoms with van der Waals surface area (Å²) in [5.41, 5.74) is 2.50. The first-order valence-corrected chi connectivity index (χ1v) is 5.62. The molecule has 0 fully saturated rings. The van der Waals surface area contributed by atoms with Crippen LogP contribution in [0.1, 0.15) is 30.1 Å². The fraction of sp³-hybridized carbons (Fsp3) is 0.333. The van der Waals surface area contributed by atoms with Crippen molar-refractivity contribution in [3.63, 3.8) is 0 Å². The van der Waals surface area contributed by atoms with Crippen LogP contribution in [-0.4, -0.2) is 21.7 Å². The number of aromatic amines is 1. The van der Waals surface area contributed by atoms with Crippen LogP contribution in [-0.2, 0) is 6.42 Å². The topological polar surface area (TPSA) is 53.6 Å². The second-order valence-corrected chi connectivity index (χ2v) is 4.01. The van der Waals surface area contributed by atoms with Gasteiger partial charge in [-0.25, -0.2) is 4.98 Å². The molecule has 1 atom stereocenters. The molecule has 4 nitrogen and oxygen atoms in total. The average Bonchev–Trinajstić information content (AvgIpc) is 2.94. The highest BCUT2D eigenvalue weighted by Gasteiger charge is 2.26. The van der Waals surface area contributed by atoms with Gasteiger partial charge in [-0.15, -0.1) is 0 Å². The van der Waals surface area contributed by atoms with E-state index in [0.29, 0.717) is 0 Å². The normalized spacial score (nSPS) is 18.2. The Balaban J connectivity index is 1.98. The Kier molecular flexibility index (Phi) is 2.13. The molecular formula is C12H14N4. The number of rotatable bonds is 2. The number of hydrogen-bond acceptors (Lipinski definition) is 3. The van der Waals surface area contributed by atoms with E-state index in [1.807, 2.05) is 6.07 Å². The summed E-state index contributed by atoms with van der Waals surface area (Å²) in [6.07, 6.45) is 0.898. The second kappa shape index (κ2) is 3.63. The second-order valence-electron chi connectivity index (χ2n) is 4.01. The van der Waals surface area contributed by atoms with Crippen molar-refractivity contribution in [3.05, 3.63) is 41.5 Å². The van der Waals surface area contributed by atoms with Crippen LogP contribution in [0.4, 0.5) is 5.69 Å². The van der Waals surface area contributed by atoms with Gasteiger partial charge in [-0.3, -0.25) is 5.10 Å². The third kappa shape index (κ3) is 1.38. The first kappa shape index (κ1) is 9.39. The van der Waals surface area contributed by atoms with Gasteiger partial charge in [-0.1, -0.05) is 25.1 Å². The van der Waals surface area contributed by atoms with Crippen LogP contribution in [0.5, 0.6) is 0 Å². The summed E-state index contributed by atoms with van der Waals surface area (Å²) in [6.45, 7) is 2.96. The average molecular weight is 214 g/mol.